The average Bonchev–Trinajstić information content (AvgIpc) is 2.95. The molecule has 3 rings (SSSR count). The van der Waals surface area contributed by atoms with E-state index in [0.717, 1.165) is 12.8 Å². The number of rotatable bonds is 3. The van der Waals surface area contributed by atoms with Gasteiger partial charge in [0.25, 0.3) is 0 Å². The Balaban J connectivity index is 1.49. The van der Waals surface area contributed by atoms with E-state index in [0.29, 0.717) is 44.7 Å². The van der Waals surface area contributed by atoms with Gasteiger partial charge in [-0.2, -0.15) is 0 Å². The molecule has 0 saturated carbocycles. The van der Waals surface area contributed by atoms with E-state index in [1.807, 2.05) is 4.90 Å². The normalized spacial score (nSPS) is 20.9. The Bertz CT molecular complexity index is 504. The highest BCUT2D eigenvalue weighted by molar-refractivity contribution is 5.76. The minimum atomic E-state index is -0.456. The molecule has 0 aromatic heterocycles. The summed E-state index contributed by atoms with van der Waals surface area (Å²) in [4.78, 5) is 14.0. The first-order valence-corrected chi connectivity index (χ1v) is 7.48. The first kappa shape index (κ1) is 14.5. The van der Waals surface area contributed by atoms with Crippen LogP contribution in [0.3, 0.4) is 0 Å². The van der Waals surface area contributed by atoms with Crippen LogP contribution in [0.1, 0.15) is 24.8 Å². The lowest BCUT2D eigenvalue weighted by Gasteiger charge is -2.37. The Morgan fingerprint density at radius 3 is 2.52 bits per heavy atom. The Hall–Kier alpha value is -1.46. The standard InChI is InChI=1S/C16H20FNO3/c17-14-4-2-1-3-13(14)5-6-15(19)18-9-7-16(8-10-18)20-11-12-21-16/h1-4H,5-12H2. The fourth-order valence-electron chi connectivity index (χ4n) is 2.98. The van der Waals surface area contributed by atoms with Gasteiger partial charge in [-0.05, 0) is 18.1 Å². The van der Waals surface area contributed by atoms with Crippen LogP contribution in [-0.4, -0.2) is 42.9 Å². The molecule has 0 N–H and O–H groups in total. The Kier molecular flexibility index (Phi) is 4.22. The Morgan fingerprint density at radius 1 is 1.19 bits per heavy atom. The number of amides is 1. The van der Waals surface area contributed by atoms with Crippen LogP contribution in [-0.2, 0) is 20.7 Å². The van der Waals surface area contributed by atoms with Crippen LogP contribution in [0.5, 0.6) is 0 Å². The minimum absolute atomic E-state index is 0.0751. The van der Waals surface area contributed by atoms with Gasteiger partial charge in [0.2, 0.25) is 5.91 Å². The summed E-state index contributed by atoms with van der Waals surface area (Å²) in [6, 6.07) is 6.61. The molecule has 0 aliphatic carbocycles. The molecular formula is C16H20FNO3. The monoisotopic (exact) mass is 293 g/mol. The summed E-state index contributed by atoms with van der Waals surface area (Å²) >= 11 is 0. The van der Waals surface area contributed by atoms with Gasteiger partial charge in [-0.3, -0.25) is 4.79 Å². The van der Waals surface area contributed by atoms with Crippen LogP contribution in [0, 0.1) is 5.82 Å². The number of carbonyl (C=O) groups is 1. The number of likely N-dealkylation sites (tertiary alicyclic amines) is 1. The van der Waals surface area contributed by atoms with Gasteiger partial charge in [0.1, 0.15) is 5.82 Å². The molecule has 21 heavy (non-hydrogen) atoms. The lowest BCUT2D eigenvalue weighted by atomic mass is 10.0. The average molecular weight is 293 g/mol. The number of benzene rings is 1. The van der Waals surface area contributed by atoms with E-state index in [4.69, 9.17) is 9.47 Å². The van der Waals surface area contributed by atoms with Crippen molar-refractivity contribution in [2.45, 2.75) is 31.5 Å². The molecule has 1 spiro atoms. The number of hydrogen-bond donors (Lipinski definition) is 0. The summed E-state index contributed by atoms with van der Waals surface area (Å²) in [6.45, 7) is 2.58. The van der Waals surface area contributed by atoms with Gasteiger partial charge in [0, 0.05) is 32.4 Å². The maximum Gasteiger partial charge on any atom is 0.222 e. The van der Waals surface area contributed by atoms with Gasteiger partial charge in [-0.15, -0.1) is 0 Å². The zero-order chi connectivity index (χ0) is 14.7. The molecule has 0 unspecified atom stereocenters. The molecule has 0 bridgehead atoms. The molecular weight excluding hydrogens is 273 g/mol. The van der Waals surface area contributed by atoms with Crippen LogP contribution in [0.15, 0.2) is 24.3 Å². The van der Waals surface area contributed by atoms with E-state index in [1.54, 1.807) is 18.2 Å². The number of halogens is 1. The number of ether oxygens (including phenoxy) is 2. The largest absolute Gasteiger partial charge is 0.347 e. The molecule has 1 aromatic rings. The molecule has 0 radical (unpaired) electrons. The number of aryl methyl sites for hydroxylation is 1. The topological polar surface area (TPSA) is 38.8 Å². The maximum absolute atomic E-state index is 13.5. The smallest absolute Gasteiger partial charge is 0.222 e. The molecule has 2 aliphatic heterocycles. The molecule has 1 aromatic carbocycles. The van der Waals surface area contributed by atoms with E-state index in [-0.39, 0.29) is 11.7 Å². The minimum Gasteiger partial charge on any atom is -0.347 e. The summed E-state index contributed by atoms with van der Waals surface area (Å²) in [7, 11) is 0. The summed E-state index contributed by atoms with van der Waals surface area (Å²) in [6.07, 6.45) is 2.23. The maximum atomic E-state index is 13.5. The van der Waals surface area contributed by atoms with E-state index in [9.17, 15) is 9.18 Å². The second-order valence-electron chi connectivity index (χ2n) is 5.58. The molecule has 2 aliphatic rings. The molecule has 5 heteroatoms. The highest BCUT2D eigenvalue weighted by Gasteiger charge is 2.40. The summed E-state index contributed by atoms with van der Waals surface area (Å²) in [5, 5.41) is 0. The van der Waals surface area contributed by atoms with Gasteiger partial charge >= 0.3 is 0 Å². The zero-order valence-electron chi connectivity index (χ0n) is 12.0. The van der Waals surface area contributed by atoms with Crippen molar-refractivity contribution in [2.75, 3.05) is 26.3 Å². The first-order chi connectivity index (χ1) is 10.2. The van der Waals surface area contributed by atoms with Gasteiger partial charge in [0.15, 0.2) is 5.79 Å². The van der Waals surface area contributed by atoms with Crippen molar-refractivity contribution in [1.29, 1.82) is 0 Å². The van der Waals surface area contributed by atoms with E-state index < -0.39 is 5.79 Å². The van der Waals surface area contributed by atoms with Crippen LogP contribution in [0.4, 0.5) is 4.39 Å². The number of nitrogens with zero attached hydrogens (tertiary/aromatic N) is 1. The van der Waals surface area contributed by atoms with E-state index >= 15 is 0 Å². The third-order valence-corrected chi connectivity index (χ3v) is 4.26. The highest BCUT2D eigenvalue weighted by Crippen LogP contribution is 2.31. The Labute approximate surface area is 123 Å². The molecule has 2 heterocycles. The lowest BCUT2D eigenvalue weighted by Crippen LogP contribution is -2.47. The second kappa shape index (κ2) is 6.12. The van der Waals surface area contributed by atoms with Crippen LogP contribution in [0.25, 0.3) is 0 Å². The van der Waals surface area contributed by atoms with Crippen molar-refractivity contribution in [2.24, 2.45) is 0 Å². The predicted octanol–water partition coefficient (Wildman–Crippen LogP) is 2.12. The van der Waals surface area contributed by atoms with Crippen molar-refractivity contribution >= 4 is 5.91 Å². The van der Waals surface area contributed by atoms with Crippen LogP contribution in [0.2, 0.25) is 0 Å². The third-order valence-electron chi connectivity index (χ3n) is 4.26. The van der Waals surface area contributed by atoms with Crippen molar-refractivity contribution in [3.63, 3.8) is 0 Å². The fraction of sp³-hybridized carbons (Fsp3) is 0.562. The number of hydrogen-bond acceptors (Lipinski definition) is 3. The van der Waals surface area contributed by atoms with Crippen LogP contribution >= 0.6 is 0 Å². The molecule has 2 saturated heterocycles. The summed E-state index contributed by atoms with van der Waals surface area (Å²) < 4.78 is 24.8. The summed E-state index contributed by atoms with van der Waals surface area (Å²) in [5.74, 6) is -0.621. The molecule has 1 amide bonds. The SMILES string of the molecule is O=C(CCc1ccccc1F)N1CCC2(CC1)OCCO2. The highest BCUT2D eigenvalue weighted by atomic mass is 19.1. The van der Waals surface area contributed by atoms with Gasteiger partial charge < -0.3 is 14.4 Å². The lowest BCUT2D eigenvalue weighted by molar-refractivity contribution is -0.187. The third kappa shape index (κ3) is 3.24. The molecule has 4 nitrogen and oxygen atoms in total. The van der Waals surface area contributed by atoms with Crippen molar-refractivity contribution in [1.82, 2.24) is 4.90 Å². The summed E-state index contributed by atoms with van der Waals surface area (Å²) in [5.41, 5.74) is 0.599. The fourth-order valence-corrected chi connectivity index (χ4v) is 2.98. The Morgan fingerprint density at radius 2 is 1.86 bits per heavy atom. The molecule has 0 atom stereocenters. The van der Waals surface area contributed by atoms with Gasteiger partial charge in [-0.25, -0.2) is 4.39 Å². The quantitative estimate of drug-likeness (QED) is 0.857. The zero-order valence-corrected chi connectivity index (χ0v) is 12.0. The predicted molar refractivity (Wildman–Crippen MR) is 75.2 cm³/mol. The molecule has 2 fully saturated rings. The van der Waals surface area contributed by atoms with Gasteiger partial charge in [-0.1, -0.05) is 18.2 Å². The van der Waals surface area contributed by atoms with E-state index in [1.165, 1.54) is 6.07 Å². The van der Waals surface area contributed by atoms with Crippen molar-refractivity contribution in [3.8, 4) is 0 Å². The first-order valence-electron chi connectivity index (χ1n) is 7.48. The van der Waals surface area contributed by atoms with Crippen molar-refractivity contribution in [3.05, 3.63) is 35.6 Å². The van der Waals surface area contributed by atoms with Gasteiger partial charge in [0.05, 0.1) is 13.2 Å². The number of piperidine rings is 1. The van der Waals surface area contributed by atoms with Crippen LogP contribution < -0.4 is 0 Å². The molecule has 114 valence electrons. The van der Waals surface area contributed by atoms with Crippen molar-refractivity contribution < 1.29 is 18.7 Å². The second-order valence-corrected chi connectivity index (χ2v) is 5.58. The van der Waals surface area contributed by atoms with E-state index in [2.05, 4.69) is 0 Å². The number of carbonyl (C=O) groups excluding carboxylic acids is 1.